The summed E-state index contributed by atoms with van der Waals surface area (Å²) in [6.45, 7) is 0. The minimum atomic E-state index is -0.579. The predicted octanol–water partition coefficient (Wildman–Crippen LogP) is 3.17. The van der Waals surface area contributed by atoms with Crippen LogP contribution in [0.15, 0.2) is 53.4 Å². The molecular formula is C15H13ClN2O2S. The average Bonchev–Trinajstić information content (AvgIpc) is 2.47. The van der Waals surface area contributed by atoms with Crippen molar-refractivity contribution in [3.63, 3.8) is 0 Å². The maximum atomic E-state index is 11.9. The lowest BCUT2D eigenvalue weighted by atomic mass is 10.1. The molecule has 0 bridgehead atoms. The van der Waals surface area contributed by atoms with Crippen LogP contribution < -0.4 is 11.1 Å². The number of hydrogen-bond donors (Lipinski definition) is 2. The van der Waals surface area contributed by atoms with Crippen LogP contribution in [0.25, 0.3) is 0 Å². The van der Waals surface area contributed by atoms with E-state index in [0.717, 1.165) is 4.90 Å². The van der Waals surface area contributed by atoms with Gasteiger partial charge < -0.3 is 11.1 Å². The summed E-state index contributed by atoms with van der Waals surface area (Å²) in [7, 11) is 0. The number of amides is 2. The quantitative estimate of drug-likeness (QED) is 0.831. The third kappa shape index (κ3) is 4.24. The first kappa shape index (κ1) is 15.4. The molecule has 0 atom stereocenters. The fourth-order valence-electron chi connectivity index (χ4n) is 1.70. The third-order valence-corrected chi connectivity index (χ3v) is 4.18. The van der Waals surface area contributed by atoms with E-state index in [2.05, 4.69) is 5.32 Å². The van der Waals surface area contributed by atoms with E-state index in [1.165, 1.54) is 11.8 Å². The summed E-state index contributed by atoms with van der Waals surface area (Å²) in [6, 6.07) is 13.9. The Kier molecular flexibility index (Phi) is 5.25. The van der Waals surface area contributed by atoms with Gasteiger partial charge in [0.2, 0.25) is 5.91 Å². The third-order valence-electron chi connectivity index (χ3n) is 2.66. The van der Waals surface area contributed by atoms with Crippen molar-refractivity contribution in [3.8, 4) is 0 Å². The Morgan fingerprint density at radius 3 is 2.48 bits per heavy atom. The number of benzene rings is 2. The second-order valence-corrected chi connectivity index (χ2v) is 5.60. The second kappa shape index (κ2) is 7.15. The summed E-state index contributed by atoms with van der Waals surface area (Å²) in [5.74, 6) is -0.616. The molecule has 108 valence electrons. The van der Waals surface area contributed by atoms with Gasteiger partial charge in [-0.1, -0.05) is 35.9 Å². The van der Waals surface area contributed by atoms with Gasteiger partial charge in [-0.2, -0.15) is 0 Å². The molecule has 0 aliphatic rings. The van der Waals surface area contributed by atoms with Crippen LogP contribution in [-0.2, 0) is 4.79 Å². The molecular weight excluding hydrogens is 308 g/mol. The maximum absolute atomic E-state index is 11.9. The Morgan fingerprint density at radius 1 is 1.10 bits per heavy atom. The van der Waals surface area contributed by atoms with Crippen LogP contribution in [0, 0.1) is 0 Å². The van der Waals surface area contributed by atoms with Crippen molar-refractivity contribution in [2.45, 2.75) is 4.90 Å². The van der Waals surface area contributed by atoms with Crippen LogP contribution in [-0.4, -0.2) is 17.6 Å². The van der Waals surface area contributed by atoms with Crippen LogP contribution in [0.3, 0.4) is 0 Å². The zero-order valence-electron chi connectivity index (χ0n) is 11.0. The summed E-state index contributed by atoms with van der Waals surface area (Å²) in [4.78, 5) is 24.1. The highest BCUT2D eigenvalue weighted by molar-refractivity contribution is 8.00. The molecule has 0 radical (unpaired) electrons. The first-order chi connectivity index (χ1) is 10.1. The van der Waals surface area contributed by atoms with Gasteiger partial charge in [0.15, 0.2) is 0 Å². The minimum absolute atomic E-state index is 0.191. The number of nitrogens with two attached hydrogens (primary N) is 1. The van der Waals surface area contributed by atoms with E-state index in [1.807, 2.05) is 18.2 Å². The molecule has 2 aromatic carbocycles. The van der Waals surface area contributed by atoms with Gasteiger partial charge in [0.05, 0.1) is 22.0 Å². The monoisotopic (exact) mass is 320 g/mol. The fraction of sp³-hybridized carbons (Fsp3) is 0.0667. The van der Waals surface area contributed by atoms with Crippen LogP contribution in [0.1, 0.15) is 10.4 Å². The number of para-hydroxylation sites is 1. The van der Waals surface area contributed by atoms with E-state index >= 15 is 0 Å². The molecule has 0 saturated heterocycles. The predicted molar refractivity (Wildman–Crippen MR) is 85.8 cm³/mol. The Labute approximate surface area is 131 Å². The van der Waals surface area contributed by atoms with Gasteiger partial charge in [0.1, 0.15) is 0 Å². The number of thioether (sulfide) groups is 1. The van der Waals surface area contributed by atoms with Gasteiger partial charge in [-0.05, 0) is 24.3 Å². The highest BCUT2D eigenvalue weighted by atomic mass is 35.5. The van der Waals surface area contributed by atoms with Gasteiger partial charge in [-0.25, -0.2) is 0 Å². The second-order valence-electron chi connectivity index (χ2n) is 4.18. The number of carbonyl (C=O) groups excluding carboxylic acids is 2. The maximum Gasteiger partial charge on any atom is 0.250 e. The van der Waals surface area contributed by atoms with Crippen molar-refractivity contribution in [1.29, 1.82) is 0 Å². The highest BCUT2D eigenvalue weighted by Gasteiger charge is 2.11. The van der Waals surface area contributed by atoms with Gasteiger partial charge >= 0.3 is 0 Å². The van der Waals surface area contributed by atoms with Crippen LogP contribution in [0.4, 0.5) is 5.69 Å². The molecule has 0 aliphatic heterocycles. The van der Waals surface area contributed by atoms with E-state index in [0.29, 0.717) is 10.7 Å². The number of halogens is 1. The summed E-state index contributed by atoms with van der Waals surface area (Å²) < 4.78 is 0. The molecule has 2 rings (SSSR count). The SMILES string of the molecule is NC(=O)c1ccccc1NC(=O)CSc1ccccc1Cl. The van der Waals surface area contributed by atoms with Crippen LogP contribution >= 0.6 is 23.4 Å². The molecule has 0 heterocycles. The molecule has 6 heteroatoms. The molecule has 0 unspecified atom stereocenters. The van der Waals surface area contributed by atoms with E-state index in [-0.39, 0.29) is 17.2 Å². The van der Waals surface area contributed by atoms with Crippen molar-refractivity contribution < 1.29 is 9.59 Å². The lowest BCUT2D eigenvalue weighted by molar-refractivity contribution is -0.113. The number of primary amides is 1. The lowest BCUT2D eigenvalue weighted by Crippen LogP contribution is -2.19. The summed E-state index contributed by atoms with van der Waals surface area (Å²) in [6.07, 6.45) is 0. The van der Waals surface area contributed by atoms with Crippen molar-refractivity contribution in [1.82, 2.24) is 0 Å². The topological polar surface area (TPSA) is 72.2 Å². The summed E-state index contributed by atoms with van der Waals surface area (Å²) in [5.41, 5.74) is 5.96. The first-order valence-electron chi connectivity index (χ1n) is 6.14. The molecule has 2 aromatic rings. The molecule has 0 spiro atoms. The molecule has 0 saturated carbocycles. The Balaban J connectivity index is 2.00. The molecule has 0 aliphatic carbocycles. The summed E-state index contributed by atoms with van der Waals surface area (Å²) >= 11 is 7.35. The zero-order chi connectivity index (χ0) is 15.2. The number of carbonyl (C=O) groups is 2. The van der Waals surface area contributed by atoms with Gasteiger partial charge in [0.25, 0.3) is 5.91 Å². The molecule has 21 heavy (non-hydrogen) atoms. The number of rotatable bonds is 5. The first-order valence-corrected chi connectivity index (χ1v) is 7.50. The zero-order valence-corrected chi connectivity index (χ0v) is 12.6. The number of nitrogens with one attached hydrogen (secondary N) is 1. The normalized spacial score (nSPS) is 10.1. The Bertz CT molecular complexity index is 676. The lowest BCUT2D eigenvalue weighted by Gasteiger charge is -2.09. The Hall–Kier alpha value is -1.98. The molecule has 0 fully saturated rings. The van der Waals surface area contributed by atoms with E-state index in [4.69, 9.17) is 17.3 Å². The average molecular weight is 321 g/mol. The molecule has 3 N–H and O–H groups in total. The summed E-state index contributed by atoms with van der Waals surface area (Å²) in [5, 5.41) is 3.28. The Morgan fingerprint density at radius 2 is 1.76 bits per heavy atom. The number of anilines is 1. The smallest absolute Gasteiger partial charge is 0.250 e. The van der Waals surface area contributed by atoms with Gasteiger partial charge in [0, 0.05) is 4.90 Å². The van der Waals surface area contributed by atoms with Crippen LogP contribution in [0.5, 0.6) is 0 Å². The van der Waals surface area contributed by atoms with Crippen molar-refractivity contribution in [2.24, 2.45) is 5.73 Å². The molecule has 0 aromatic heterocycles. The molecule has 4 nitrogen and oxygen atoms in total. The molecule has 2 amide bonds. The van der Waals surface area contributed by atoms with E-state index in [1.54, 1.807) is 30.3 Å². The van der Waals surface area contributed by atoms with Gasteiger partial charge in [-0.3, -0.25) is 9.59 Å². The standard InChI is InChI=1S/C15H13ClN2O2S/c16-11-6-2-4-8-13(11)21-9-14(19)18-12-7-3-1-5-10(12)15(17)20/h1-8H,9H2,(H2,17,20)(H,18,19). The largest absolute Gasteiger partial charge is 0.366 e. The van der Waals surface area contributed by atoms with E-state index < -0.39 is 5.91 Å². The van der Waals surface area contributed by atoms with Crippen molar-refractivity contribution in [2.75, 3.05) is 11.1 Å². The van der Waals surface area contributed by atoms with Gasteiger partial charge in [-0.15, -0.1) is 11.8 Å². The highest BCUT2D eigenvalue weighted by Crippen LogP contribution is 2.26. The van der Waals surface area contributed by atoms with Crippen molar-refractivity contribution >= 4 is 40.9 Å². The van der Waals surface area contributed by atoms with Crippen molar-refractivity contribution in [3.05, 3.63) is 59.1 Å². The fourth-order valence-corrected chi connectivity index (χ4v) is 2.74. The van der Waals surface area contributed by atoms with E-state index in [9.17, 15) is 9.59 Å². The van der Waals surface area contributed by atoms with Crippen LogP contribution in [0.2, 0.25) is 5.02 Å². The minimum Gasteiger partial charge on any atom is -0.366 e. The number of hydrogen-bond acceptors (Lipinski definition) is 3.